The maximum Gasteiger partial charge on any atom is 0.186 e. The van der Waals surface area contributed by atoms with Crippen molar-refractivity contribution in [1.29, 1.82) is 5.26 Å². The SMILES string of the molecule is N#Cc1nnn(-c2ccccc2)c1CCc1ccccc1. The highest BCUT2D eigenvalue weighted by atomic mass is 15.4. The molecule has 0 radical (unpaired) electrons. The number of rotatable bonds is 4. The van der Waals surface area contributed by atoms with E-state index in [9.17, 15) is 5.26 Å². The van der Waals surface area contributed by atoms with Gasteiger partial charge >= 0.3 is 0 Å². The maximum absolute atomic E-state index is 9.21. The van der Waals surface area contributed by atoms with Crippen LogP contribution in [0.3, 0.4) is 0 Å². The molecule has 0 saturated carbocycles. The Labute approximate surface area is 123 Å². The molecule has 3 rings (SSSR count). The fourth-order valence-electron chi connectivity index (χ4n) is 2.30. The minimum absolute atomic E-state index is 0.398. The number of nitriles is 1. The number of hydrogen-bond donors (Lipinski definition) is 0. The first-order valence-corrected chi connectivity index (χ1v) is 6.82. The van der Waals surface area contributed by atoms with Gasteiger partial charge in [-0.3, -0.25) is 0 Å². The van der Waals surface area contributed by atoms with Crippen LogP contribution >= 0.6 is 0 Å². The molecule has 4 nitrogen and oxygen atoms in total. The van der Waals surface area contributed by atoms with Gasteiger partial charge in [0.25, 0.3) is 0 Å². The second-order valence-electron chi connectivity index (χ2n) is 4.73. The smallest absolute Gasteiger partial charge is 0.186 e. The van der Waals surface area contributed by atoms with Crippen molar-refractivity contribution in [1.82, 2.24) is 15.0 Å². The van der Waals surface area contributed by atoms with Crippen molar-refractivity contribution in [2.45, 2.75) is 12.8 Å². The van der Waals surface area contributed by atoms with Crippen LogP contribution in [0.4, 0.5) is 0 Å². The van der Waals surface area contributed by atoms with Crippen LogP contribution in [0.15, 0.2) is 60.7 Å². The van der Waals surface area contributed by atoms with Gasteiger partial charge in [-0.2, -0.15) is 5.26 Å². The lowest BCUT2D eigenvalue weighted by atomic mass is 10.1. The molecule has 3 aromatic rings. The fraction of sp³-hybridized carbons (Fsp3) is 0.118. The summed E-state index contributed by atoms with van der Waals surface area (Å²) in [5.41, 5.74) is 3.42. The Kier molecular flexibility index (Phi) is 3.74. The monoisotopic (exact) mass is 274 g/mol. The molecule has 0 N–H and O–H groups in total. The third-order valence-corrected chi connectivity index (χ3v) is 3.36. The van der Waals surface area contributed by atoms with Crippen molar-refractivity contribution in [2.75, 3.05) is 0 Å². The van der Waals surface area contributed by atoms with Crippen molar-refractivity contribution < 1.29 is 0 Å². The molecule has 1 heterocycles. The molecule has 0 fully saturated rings. The van der Waals surface area contributed by atoms with Crippen LogP contribution in [0.2, 0.25) is 0 Å². The molecule has 0 spiro atoms. The predicted octanol–water partition coefficient (Wildman–Crippen LogP) is 2.92. The third kappa shape index (κ3) is 2.82. The van der Waals surface area contributed by atoms with Crippen LogP contribution in [-0.4, -0.2) is 15.0 Å². The van der Waals surface area contributed by atoms with Gasteiger partial charge in [-0.05, 0) is 30.5 Å². The van der Waals surface area contributed by atoms with E-state index in [2.05, 4.69) is 28.5 Å². The van der Waals surface area contributed by atoms with E-state index in [-0.39, 0.29) is 0 Å². The lowest BCUT2D eigenvalue weighted by Gasteiger charge is -2.06. The van der Waals surface area contributed by atoms with Gasteiger partial charge in [0.1, 0.15) is 6.07 Å². The molecule has 0 saturated heterocycles. The van der Waals surface area contributed by atoms with E-state index in [1.807, 2.05) is 48.5 Å². The average Bonchev–Trinajstić information content (AvgIpc) is 2.97. The van der Waals surface area contributed by atoms with E-state index in [1.54, 1.807) is 4.68 Å². The number of aromatic nitrogens is 3. The number of nitrogens with zero attached hydrogens (tertiary/aromatic N) is 4. The largest absolute Gasteiger partial charge is 0.216 e. The van der Waals surface area contributed by atoms with Crippen LogP contribution in [0.25, 0.3) is 5.69 Å². The number of hydrogen-bond acceptors (Lipinski definition) is 3. The van der Waals surface area contributed by atoms with Gasteiger partial charge in [0, 0.05) is 0 Å². The Morgan fingerprint density at radius 1 is 0.905 bits per heavy atom. The second kappa shape index (κ2) is 6.02. The summed E-state index contributed by atoms with van der Waals surface area (Å²) < 4.78 is 1.75. The highest BCUT2D eigenvalue weighted by Crippen LogP contribution is 2.15. The molecular weight excluding hydrogens is 260 g/mol. The molecule has 21 heavy (non-hydrogen) atoms. The van der Waals surface area contributed by atoms with Gasteiger partial charge in [-0.15, -0.1) is 5.10 Å². The predicted molar refractivity (Wildman–Crippen MR) is 79.9 cm³/mol. The normalized spacial score (nSPS) is 10.2. The summed E-state index contributed by atoms with van der Waals surface area (Å²) in [4.78, 5) is 0. The number of para-hydroxylation sites is 1. The molecular formula is C17H14N4. The fourth-order valence-corrected chi connectivity index (χ4v) is 2.30. The first-order chi connectivity index (χ1) is 10.4. The van der Waals surface area contributed by atoms with E-state index in [0.717, 1.165) is 24.2 Å². The topological polar surface area (TPSA) is 54.5 Å². The maximum atomic E-state index is 9.21. The standard InChI is InChI=1S/C17H14N4/c18-13-16-17(12-11-14-7-3-1-4-8-14)21(20-19-16)15-9-5-2-6-10-15/h1-10H,11-12H2. The van der Waals surface area contributed by atoms with Crippen molar-refractivity contribution in [3.05, 3.63) is 77.6 Å². The zero-order chi connectivity index (χ0) is 14.5. The van der Waals surface area contributed by atoms with Gasteiger partial charge < -0.3 is 0 Å². The van der Waals surface area contributed by atoms with E-state index < -0.39 is 0 Å². The summed E-state index contributed by atoms with van der Waals surface area (Å²) in [6.07, 6.45) is 1.59. The zero-order valence-electron chi connectivity index (χ0n) is 11.5. The highest BCUT2D eigenvalue weighted by Gasteiger charge is 2.13. The third-order valence-electron chi connectivity index (χ3n) is 3.36. The minimum Gasteiger partial charge on any atom is -0.216 e. The molecule has 4 heteroatoms. The summed E-state index contributed by atoms with van der Waals surface area (Å²) in [6, 6.07) is 22.1. The van der Waals surface area contributed by atoms with Crippen LogP contribution in [0.1, 0.15) is 17.0 Å². The molecule has 0 amide bonds. The number of benzene rings is 2. The van der Waals surface area contributed by atoms with Crippen molar-refractivity contribution in [3.63, 3.8) is 0 Å². The number of aryl methyl sites for hydroxylation is 1. The molecule has 0 atom stereocenters. The van der Waals surface area contributed by atoms with Gasteiger partial charge in [0.15, 0.2) is 5.69 Å². The molecule has 0 bridgehead atoms. The van der Waals surface area contributed by atoms with E-state index in [4.69, 9.17) is 0 Å². The Hall–Kier alpha value is -2.93. The summed E-state index contributed by atoms with van der Waals surface area (Å²) in [5.74, 6) is 0. The van der Waals surface area contributed by atoms with Crippen molar-refractivity contribution in [2.24, 2.45) is 0 Å². The summed E-state index contributed by atoms with van der Waals surface area (Å²) in [5, 5.41) is 17.3. The minimum atomic E-state index is 0.398. The van der Waals surface area contributed by atoms with E-state index in [0.29, 0.717) is 5.69 Å². The lowest BCUT2D eigenvalue weighted by molar-refractivity contribution is 0.752. The van der Waals surface area contributed by atoms with E-state index in [1.165, 1.54) is 5.56 Å². The van der Waals surface area contributed by atoms with Crippen LogP contribution < -0.4 is 0 Å². The Balaban J connectivity index is 1.90. The zero-order valence-corrected chi connectivity index (χ0v) is 11.5. The average molecular weight is 274 g/mol. The van der Waals surface area contributed by atoms with Gasteiger partial charge in [-0.25, -0.2) is 4.68 Å². The summed E-state index contributed by atoms with van der Waals surface area (Å²) in [7, 11) is 0. The molecule has 0 aliphatic carbocycles. The molecule has 0 aliphatic heterocycles. The molecule has 0 aliphatic rings. The Bertz CT molecular complexity index is 754. The summed E-state index contributed by atoms with van der Waals surface area (Å²) in [6.45, 7) is 0. The van der Waals surface area contributed by atoms with Crippen molar-refractivity contribution in [3.8, 4) is 11.8 Å². The summed E-state index contributed by atoms with van der Waals surface area (Å²) >= 11 is 0. The Morgan fingerprint density at radius 3 is 2.24 bits per heavy atom. The lowest BCUT2D eigenvalue weighted by Crippen LogP contribution is -2.04. The molecule has 102 valence electrons. The van der Waals surface area contributed by atoms with Crippen LogP contribution in [0, 0.1) is 11.3 Å². The first-order valence-electron chi connectivity index (χ1n) is 6.82. The molecule has 2 aromatic carbocycles. The van der Waals surface area contributed by atoms with Gasteiger partial charge in [-0.1, -0.05) is 53.7 Å². The quantitative estimate of drug-likeness (QED) is 0.735. The van der Waals surface area contributed by atoms with Gasteiger partial charge in [0.05, 0.1) is 11.4 Å². The highest BCUT2D eigenvalue weighted by molar-refractivity contribution is 5.36. The van der Waals surface area contributed by atoms with Crippen molar-refractivity contribution >= 4 is 0 Å². The molecule has 0 unspecified atom stereocenters. The second-order valence-corrected chi connectivity index (χ2v) is 4.73. The van der Waals surface area contributed by atoms with Crippen LogP contribution in [-0.2, 0) is 12.8 Å². The first kappa shape index (κ1) is 13.1. The van der Waals surface area contributed by atoms with E-state index >= 15 is 0 Å². The molecule has 1 aromatic heterocycles. The Morgan fingerprint density at radius 2 is 1.57 bits per heavy atom. The van der Waals surface area contributed by atoms with Crippen LogP contribution in [0.5, 0.6) is 0 Å². The van der Waals surface area contributed by atoms with Gasteiger partial charge in [0.2, 0.25) is 0 Å².